The maximum atomic E-state index is 12.7. The fourth-order valence-electron chi connectivity index (χ4n) is 2.38. The van der Waals surface area contributed by atoms with Gasteiger partial charge in [-0.3, -0.25) is 0 Å². The molecule has 5 nitrogen and oxygen atoms in total. The third-order valence-electron chi connectivity index (χ3n) is 3.49. The summed E-state index contributed by atoms with van der Waals surface area (Å²) < 4.78 is 27.3. The number of benzene rings is 1. The molecular formula is C12H17BrN2O3S. The monoisotopic (exact) mass is 348 g/mol. The largest absolute Gasteiger partial charge is 0.398 e. The van der Waals surface area contributed by atoms with E-state index in [2.05, 4.69) is 15.9 Å². The van der Waals surface area contributed by atoms with Crippen LogP contribution in [0.2, 0.25) is 0 Å². The summed E-state index contributed by atoms with van der Waals surface area (Å²) in [6.07, 6.45) is 1.46. The minimum absolute atomic E-state index is 0.151. The second-order valence-electron chi connectivity index (χ2n) is 4.71. The number of sulfonamides is 1. The molecule has 1 aliphatic rings. The van der Waals surface area contributed by atoms with Crippen LogP contribution in [0.3, 0.4) is 0 Å². The van der Waals surface area contributed by atoms with E-state index in [1.54, 1.807) is 19.1 Å². The number of hydrogen-bond donors (Lipinski definition) is 2. The molecule has 0 aromatic heterocycles. The molecule has 0 bridgehead atoms. The Morgan fingerprint density at radius 2 is 2.21 bits per heavy atom. The van der Waals surface area contributed by atoms with E-state index in [0.717, 1.165) is 6.42 Å². The first kappa shape index (κ1) is 14.8. The molecule has 7 heteroatoms. The molecule has 1 aliphatic heterocycles. The van der Waals surface area contributed by atoms with Crippen LogP contribution in [0, 0.1) is 6.92 Å². The number of aliphatic hydroxyl groups is 1. The molecule has 0 amide bonds. The van der Waals surface area contributed by atoms with Crippen molar-refractivity contribution in [2.45, 2.75) is 30.7 Å². The summed E-state index contributed by atoms with van der Waals surface area (Å²) in [5, 5.41) is 9.29. The van der Waals surface area contributed by atoms with E-state index in [0.29, 0.717) is 28.7 Å². The van der Waals surface area contributed by atoms with Crippen molar-refractivity contribution in [3.05, 3.63) is 22.2 Å². The number of nitrogens with zero attached hydrogens (tertiary/aromatic N) is 1. The van der Waals surface area contributed by atoms with Crippen LogP contribution in [-0.2, 0) is 10.0 Å². The predicted octanol–water partition coefficient (Wildman–Crippen LogP) is 1.49. The highest BCUT2D eigenvalue weighted by atomic mass is 79.9. The van der Waals surface area contributed by atoms with Gasteiger partial charge in [-0.15, -0.1) is 0 Å². The van der Waals surface area contributed by atoms with Gasteiger partial charge in [0.15, 0.2) is 0 Å². The predicted molar refractivity (Wildman–Crippen MR) is 77.3 cm³/mol. The Labute approximate surface area is 121 Å². The molecule has 0 spiro atoms. The lowest BCUT2D eigenvalue weighted by Crippen LogP contribution is -2.37. The number of aliphatic hydroxyl groups excluding tert-OH is 1. The van der Waals surface area contributed by atoms with Gasteiger partial charge in [0.05, 0.1) is 11.5 Å². The van der Waals surface area contributed by atoms with Crippen molar-refractivity contribution in [1.29, 1.82) is 0 Å². The lowest BCUT2D eigenvalue weighted by molar-refractivity contribution is 0.213. The van der Waals surface area contributed by atoms with Crippen LogP contribution in [0.1, 0.15) is 18.4 Å². The zero-order chi connectivity index (χ0) is 14.2. The van der Waals surface area contributed by atoms with Gasteiger partial charge in [-0.25, -0.2) is 8.42 Å². The highest BCUT2D eigenvalue weighted by molar-refractivity contribution is 9.10. The Morgan fingerprint density at radius 1 is 1.53 bits per heavy atom. The fraction of sp³-hybridized carbons (Fsp3) is 0.500. The molecule has 1 heterocycles. The van der Waals surface area contributed by atoms with Crippen LogP contribution < -0.4 is 5.73 Å². The summed E-state index contributed by atoms with van der Waals surface area (Å²) in [4.78, 5) is 0.208. The minimum Gasteiger partial charge on any atom is -0.398 e. The quantitative estimate of drug-likeness (QED) is 0.810. The van der Waals surface area contributed by atoms with Gasteiger partial charge in [0.25, 0.3) is 0 Å². The van der Waals surface area contributed by atoms with Gasteiger partial charge in [-0.1, -0.05) is 15.9 Å². The van der Waals surface area contributed by atoms with Gasteiger partial charge >= 0.3 is 0 Å². The van der Waals surface area contributed by atoms with Crippen molar-refractivity contribution < 1.29 is 13.5 Å². The average Bonchev–Trinajstić information content (AvgIpc) is 2.82. The van der Waals surface area contributed by atoms with E-state index in [1.807, 2.05) is 0 Å². The van der Waals surface area contributed by atoms with Crippen molar-refractivity contribution in [2.24, 2.45) is 0 Å². The van der Waals surface area contributed by atoms with Crippen LogP contribution in [-0.4, -0.2) is 37.0 Å². The smallest absolute Gasteiger partial charge is 0.243 e. The Morgan fingerprint density at radius 3 is 2.84 bits per heavy atom. The topological polar surface area (TPSA) is 83.6 Å². The average molecular weight is 349 g/mol. The first-order valence-corrected chi connectivity index (χ1v) is 8.29. The number of nitrogens with two attached hydrogens (primary N) is 1. The van der Waals surface area contributed by atoms with Crippen LogP contribution in [0.25, 0.3) is 0 Å². The van der Waals surface area contributed by atoms with Gasteiger partial charge in [0, 0.05) is 22.7 Å². The number of nitrogen functional groups attached to an aromatic ring is 1. The molecule has 1 saturated heterocycles. The van der Waals surface area contributed by atoms with E-state index < -0.39 is 10.0 Å². The Balaban J connectivity index is 2.51. The van der Waals surface area contributed by atoms with Crippen LogP contribution in [0.15, 0.2) is 21.5 Å². The maximum Gasteiger partial charge on any atom is 0.243 e. The summed E-state index contributed by atoms with van der Waals surface area (Å²) in [6.45, 7) is 1.99. The van der Waals surface area contributed by atoms with E-state index in [1.165, 1.54) is 4.31 Å². The van der Waals surface area contributed by atoms with Crippen molar-refractivity contribution in [3.63, 3.8) is 0 Å². The van der Waals surface area contributed by atoms with Gasteiger partial charge < -0.3 is 10.8 Å². The van der Waals surface area contributed by atoms with E-state index in [-0.39, 0.29) is 17.5 Å². The van der Waals surface area contributed by atoms with E-state index in [9.17, 15) is 13.5 Å². The van der Waals surface area contributed by atoms with Gasteiger partial charge in [0.1, 0.15) is 0 Å². The normalized spacial score (nSPS) is 20.9. The molecule has 1 atom stereocenters. The lowest BCUT2D eigenvalue weighted by Gasteiger charge is -2.23. The summed E-state index contributed by atoms with van der Waals surface area (Å²) in [5.41, 5.74) is 6.81. The second kappa shape index (κ2) is 5.40. The fourth-order valence-corrected chi connectivity index (χ4v) is 4.97. The Kier molecular flexibility index (Phi) is 4.20. The first-order chi connectivity index (χ1) is 8.87. The molecule has 106 valence electrons. The molecule has 0 saturated carbocycles. The molecule has 1 aromatic carbocycles. The van der Waals surface area contributed by atoms with Crippen molar-refractivity contribution in [1.82, 2.24) is 4.31 Å². The van der Waals surface area contributed by atoms with Gasteiger partial charge in [-0.05, 0) is 37.5 Å². The summed E-state index contributed by atoms with van der Waals surface area (Å²) in [6, 6.07) is 2.92. The number of rotatable bonds is 3. The van der Waals surface area contributed by atoms with Crippen molar-refractivity contribution >= 4 is 31.6 Å². The first-order valence-electron chi connectivity index (χ1n) is 6.06. The molecule has 19 heavy (non-hydrogen) atoms. The minimum atomic E-state index is -3.61. The molecule has 2 rings (SSSR count). The zero-order valence-corrected chi connectivity index (χ0v) is 13.0. The third kappa shape index (κ3) is 2.65. The third-order valence-corrected chi connectivity index (χ3v) is 6.02. The highest BCUT2D eigenvalue weighted by Gasteiger charge is 2.36. The van der Waals surface area contributed by atoms with Crippen LogP contribution in [0.5, 0.6) is 0 Å². The summed E-state index contributed by atoms with van der Waals surface area (Å²) >= 11 is 3.27. The standard InChI is InChI=1S/C12H17BrN2O3S/c1-8-11(14)5-9(13)6-12(8)19(17,18)15-4-2-3-10(15)7-16/h5-6,10,16H,2-4,7,14H2,1H3/t10-/m1/s1. The lowest BCUT2D eigenvalue weighted by atomic mass is 10.2. The van der Waals surface area contributed by atoms with E-state index >= 15 is 0 Å². The SMILES string of the molecule is Cc1c(N)cc(Br)cc1S(=O)(=O)N1CCC[C@@H]1CO. The highest BCUT2D eigenvalue weighted by Crippen LogP contribution is 2.32. The number of halogens is 1. The number of hydrogen-bond acceptors (Lipinski definition) is 4. The molecular weight excluding hydrogens is 332 g/mol. The van der Waals surface area contributed by atoms with Crippen LogP contribution in [0.4, 0.5) is 5.69 Å². The van der Waals surface area contributed by atoms with E-state index in [4.69, 9.17) is 5.73 Å². The zero-order valence-electron chi connectivity index (χ0n) is 10.6. The molecule has 0 radical (unpaired) electrons. The second-order valence-corrected chi connectivity index (χ2v) is 7.49. The van der Waals surface area contributed by atoms with Crippen molar-refractivity contribution in [2.75, 3.05) is 18.9 Å². The Bertz CT molecular complexity index is 589. The maximum absolute atomic E-state index is 12.7. The van der Waals surface area contributed by atoms with Gasteiger partial charge in [0.2, 0.25) is 10.0 Å². The van der Waals surface area contributed by atoms with Crippen LogP contribution >= 0.6 is 15.9 Å². The Hall–Kier alpha value is -0.630. The summed E-state index contributed by atoms with van der Waals surface area (Å²) in [5.74, 6) is 0. The summed E-state index contributed by atoms with van der Waals surface area (Å²) in [7, 11) is -3.61. The number of anilines is 1. The molecule has 1 fully saturated rings. The molecule has 1 aromatic rings. The van der Waals surface area contributed by atoms with Crippen molar-refractivity contribution in [3.8, 4) is 0 Å². The molecule has 0 aliphatic carbocycles. The molecule has 3 N–H and O–H groups in total. The molecule has 0 unspecified atom stereocenters. The van der Waals surface area contributed by atoms with Gasteiger partial charge in [-0.2, -0.15) is 4.31 Å².